The number of nitrogens with one attached hydrogen (secondary N) is 1. The highest BCUT2D eigenvalue weighted by atomic mass is 79.9. The number of benzene rings is 2. The Bertz CT molecular complexity index is 1310. The molecule has 172 valence electrons. The Balaban J connectivity index is 1.62. The molecule has 0 saturated carbocycles. The summed E-state index contributed by atoms with van der Waals surface area (Å²) in [6, 6.07) is 23.0. The van der Waals surface area contributed by atoms with Crippen LogP contribution in [0.2, 0.25) is 0 Å². The molecule has 0 spiro atoms. The lowest BCUT2D eigenvalue weighted by Crippen LogP contribution is -2.29. The molecule has 0 unspecified atom stereocenters. The van der Waals surface area contributed by atoms with E-state index in [1.807, 2.05) is 77.7 Å². The van der Waals surface area contributed by atoms with Crippen molar-refractivity contribution in [1.29, 1.82) is 0 Å². The number of ether oxygens (including phenoxy) is 2. The Hall–Kier alpha value is -3.36. The minimum atomic E-state index is -0.283. The van der Waals surface area contributed by atoms with Crippen molar-refractivity contribution in [1.82, 2.24) is 10.3 Å². The highest BCUT2D eigenvalue weighted by Gasteiger charge is 2.43. The number of thiocarbonyl (C=S) groups is 1. The van der Waals surface area contributed by atoms with E-state index < -0.39 is 0 Å². The molecule has 34 heavy (non-hydrogen) atoms. The van der Waals surface area contributed by atoms with Crippen LogP contribution in [0.3, 0.4) is 0 Å². The summed E-state index contributed by atoms with van der Waals surface area (Å²) in [5.74, 6) is 2.89. The molecular formula is C26H22BrN3O3S. The predicted octanol–water partition coefficient (Wildman–Crippen LogP) is 6.30. The number of pyridine rings is 1. The number of halogens is 1. The van der Waals surface area contributed by atoms with Crippen molar-refractivity contribution in [2.45, 2.75) is 12.1 Å². The molecule has 8 heteroatoms. The van der Waals surface area contributed by atoms with Gasteiger partial charge in [-0.05, 0) is 60.7 Å². The maximum Gasteiger partial charge on any atom is 0.174 e. The number of methoxy groups -OCH3 is 2. The molecule has 4 aromatic rings. The molecule has 6 nitrogen and oxygen atoms in total. The Kier molecular flexibility index (Phi) is 6.26. The van der Waals surface area contributed by atoms with Gasteiger partial charge in [0.2, 0.25) is 0 Å². The van der Waals surface area contributed by atoms with Crippen molar-refractivity contribution in [3.05, 3.63) is 94.9 Å². The quantitative estimate of drug-likeness (QED) is 0.290. The SMILES string of the molecule is COc1ccc(N2C(=S)N[C@@H](c3ccccn3)[C@@H]2c2ccc(-c3ccc(Br)cc3)o2)c(OC)c1. The molecule has 5 rings (SSSR count). The molecule has 1 saturated heterocycles. The Morgan fingerprint density at radius 1 is 1.00 bits per heavy atom. The van der Waals surface area contributed by atoms with Crippen molar-refractivity contribution in [3.63, 3.8) is 0 Å². The van der Waals surface area contributed by atoms with Gasteiger partial charge in [0.05, 0.1) is 31.6 Å². The summed E-state index contributed by atoms with van der Waals surface area (Å²) in [6.07, 6.45) is 1.78. The third-order valence-electron chi connectivity index (χ3n) is 5.79. The van der Waals surface area contributed by atoms with Crippen LogP contribution >= 0.6 is 28.1 Å². The Morgan fingerprint density at radius 2 is 1.82 bits per heavy atom. The highest BCUT2D eigenvalue weighted by Crippen LogP contribution is 2.46. The van der Waals surface area contributed by atoms with E-state index >= 15 is 0 Å². The average molecular weight is 536 g/mol. The van der Waals surface area contributed by atoms with Crippen LogP contribution in [0, 0.1) is 0 Å². The Morgan fingerprint density at radius 3 is 2.53 bits per heavy atom. The largest absolute Gasteiger partial charge is 0.497 e. The summed E-state index contributed by atoms with van der Waals surface area (Å²) in [5, 5.41) is 4.01. The first-order valence-electron chi connectivity index (χ1n) is 10.7. The van der Waals surface area contributed by atoms with Gasteiger partial charge in [0, 0.05) is 22.3 Å². The molecule has 3 heterocycles. The maximum atomic E-state index is 6.41. The standard InChI is InChI=1S/C26H22BrN3O3S/c1-31-18-10-11-20(23(15-18)32-2)30-25(24(29-26(30)34)19-5-3-4-14-28-19)22-13-12-21(33-22)16-6-8-17(27)9-7-16/h3-15,24-25H,1-2H3,(H,29,34)/t24-,25-/m0/s1. The van der Waals surface area contributed by atoms with Crippen molar-refractivity contribution in [2.24, 2.45) is 0 Å². The number of rotatable bonds is 6. The molecule has 2 atom stereocenters. The number of hydrogen-bond donors (Lipinski definition) is 1. The number of hydrogen-bond acceptors (Lipinski definition) is 5. The molecule has 0 bridgehead atoms. The van der Waals surface area contributed by atoms with E-state index in [0.717, 1.165) is 32.9 Å². The van der Waals surface area contributed by atoms with E-state index in [4.69, 9.17) is 26.1 Å². The van der Waals surface area contributed by atoms with Crippen LogP contribution < -0.4 is 19.7 Å². The van der Waals surface area contributed by atoms with Gasteiger partial charge in [-0.25, -0.2) is 0 Å². The van der Waals surface area contributed by atoms with Crippen molar-refractivity contribution >= 4 is 38.9 Å². The second kappa shape index (κ2) is 9.48. The van der Waals surface area contributed by atoms with E-state index in [-0.39, 0.29) is 12.1 Å². The van der Waals surface area contributed by atoms with E-state index in [9.17, 15) is 0 Å². The Labute approximate surface area is 211 Å². The topological polar surface area (TPSA) is 59.8 Å². The molecule has 1 aliphatic rings. The zero-order valence-electron chi connectivity index (χ0n) is 18.6. The zero-order chi connectivity index (χ0) is 23.7. The molecule has 0 radical (unpaired) electrons. The van der Waals surface area contributed by atoms with Gasteiger partial charge in [0.15, 0.2) is 5.11 Å². The molecule has 0 amide bonds. The van der Waals surface area contributed by atoms with E-state index in [1.54, 1.807) is 20.4 Å². The summed E-state index contributed by atoms with van der Waals surface area (Å²) in [6.45, 7) is 0. The number of anilines is 1. The summed E-state index contributed by atoms with van der Waals surface area (Å²) >= 11 is 9.30. The second-order valence-corrected chi connectivity index (χ2v) is 9.05. The van der Waals surface area contributed by atoms with Gasteiger partial charge in [0.25, 0.3) is 0 Å². The summed E-state index contributed by atoms with van der Waals surface area (Å²) in [5.41, 5.74) is 2.67. The molecule has 2 aromatic heterocycles. The van der Waals surface area contributed by atoms with Crippen LogP contribution in [-0.4, -0.2) is 24.3 Å². The van der Waals surface area contributed by atoms with Gasteiger partial charge in [-0.2, -0.15) is 0 Å². The molecular weight excluding hydrogens is 514 g/mol. The van der Waals surface area contributed by atoms with Gasteiger partial charge in [-0.1, -0.05) is 34.1 Å². The smallest absolute Gasteiger partial charge is 0.174 e. The van der Waals surface area contributed by atoms with Crippen LogP contribution in [0.25, 0.3) is 11.3 Å². The minimum absolute atomic E-state index is 0.218. The summed E-state index contributed by atoms with van der Waals surface area (Å²) < 4.78 is 18.5. The average Bonchev–Trinajstić information content (AvgIpc) is 3.49. The maximum absolute atomic E-state index is 6.41. The zero-order valence-corrected chi connectivity index (χ0v) is 21.0. The molecule has 2 aromatic carbocycles. The molecule has 1 aliphatic heterocycles. The third kappa shape index (κ3) is 4.15. The number of aromatic nitrogens is 1. The fraction of sp³-hybridized carbons (Fsp3) is 0.154. The predicted molar refractivity (Wildman–Crippen MR) is 139 cm³/mol. The first-order valence-corrected chi connectivity index (χ1v) is 11.9. The number of furan rings is 1. The third-order valence-corrected chi connectivity index (χ3v) is 6.63. The normalized spacial score (nSPS) is 17.5. The monoisotopic (exact) mass is 535 g/mol. The van der Waals surface area contributed by atoms with Crippen LogP contribution in [0.5, 0.6) is 11.5 Å². The molecule has 0 aliphatic carbocycles. The van der Waals surface area contributed by atoms with Crippen LogP contribution in [0.15, 0.2) is 87.9 Å². The first kappa shape index (κ1) is 22.4. The number of nitrogens with zero attached hydrogens (tertiary/aromatic N) is 2. The van der Waals surface area contributed by atoms with E-state index in [1.165, 1.54) is 0 Å². The highest BCUT2D eigenvalue weighted by molar-refractivity contribution is 9.10. The molecule has 1 fully saturated rings. The van der Waals surface area contributed by atoms with Gasteiger partial charge in [0.1, 0.15) is 29.1 Å². The minimum Gasteiger partial charge on any atom is -0.497 e. The van der Waals surface area contributed by atoms with E-state index in [2.05, 4.69) is 26.2 Å². The lowest BCUT2D eigenvalue weighted by atomic mass is 10.0. The second-order valence-electron chi connectivity index (χ2n) is 7.74. The van der Waals surface area contributed by atoms with Gasteiger partial charge >= 0.3 is 0 Å². The van der Waals surface area contributed by atoms with Crippen LogP contribution in [-0.2, 0) is 0 Å². The molecule has 1 N–H and O–H groups in total. The van der Waals surface area contributed by atoms with Gasteiger partial charge < -0.3 is 24.1 Å². The van der Waals surface area contributed by atoms with Crippen LogP contribution in [0.1, 0.15) is 23.5 Å². The first-order chi connectivity index (χ1) is 16.6. The summed E-state index contributed by atoms with van der Waals surface area (Å²) in [4.78, 5) is 6.62. The van der Waals surface area contributed by atoms with Crippen molar-refractivity contribution < 1.29 is 13.9 Å². The van der Waals surface area contributed by atoms with E-state index in [0.29, 0.717) is 16.6 Å². The lowest BCUT2D eigenvalue weighted by Gasteiger charge is -2.27. The van der Waals surface area contributed by atoms with Crippen molar-refractivity contribution in [3.8, 4) is 22.8 Å². The fourth-order valence-electron chi connectivity index (χ4n) is 4.17. The van der Waals surface area contributed by atoms with Gasteiger partial charge in [-0.15, -0.1) is 0 Å². The fourth-order valence-corrected chi connectivity index (χ4v) is 4.77. The van der Waals surface area contributed by atoms with Gasteiger partial charge in [-0.3, -0.25) is 4.98 Å². The van der Waals surface area contributed by atoms with Crippen LogP contribution in [0.4, 0.5) is 5.69 Å². The summed E-state index contributed by atoms with van der Waals surface area (Å²) in [7, 11) is 3.26. The lowest BCUT2D eigenvalue weighted by molar-refractivity contribution is 0.392. The van der Waals surface area contributed by atoms with Crippen molar-refractivity contribution in [2.75, 3.05) is 19.1 Å².